The third-order valence-corrected chi connectivity index (χ3v) is 5.29. The molecule has 3 rings (SSSR count). The van der Waals surface area contributed by atoms with Crippen LogP contribution in [-0.4, -0.2) is 39.4 Å². The number of likely N-dealkylation sites (tertiary alicyclic amines) is 1. The van der Waals surface area contributed by atoms with Crippen molar-refractivity contribution >= 4 is 33.4 Å². The third kappa shape index (κ3) is 3.12. The van der Waals surface area contributed by atoms with E-state index in [-0.39, 0.29) is 36.3 Å². The van der Waals surface area contributed by atoms with E-state index in [2.05, 4.69) is 4.98 Å². The highest BCUT2D eigenvalue weighted by atomic mass is 32.1. The third-order valence-electron chi connectivity index (χ3n) is 4.39. The van der Waals surface area contributed by atoms with Crippen molar-refractivity contribution in [2.75, 3.05) is 13.1 Å². The van der Waals surface area contributed by atoms with Crippen LogP contribution in [0.2, 0.25) is 0 Å². The number of nitrogens with one attached hydrogen (secondary N) is 1. The van der Waals surface area contributed by atoms with E-state index in [1.54, 1.807) is 16.3 Å². The van der Waals surface area contributed by atoms with Crippen molar-refractivity contribution in [3.8, 4) is 0 Å². The molecule has 2 aromatic rings. The number of thiophene rings is 1. The van der Waals surface area contributed by atoms with Crippen LogP contribution < -0.4 is 17.0 Å². The molecule has 1 fully saturated rings. The Bertz CT molecular complexity index is 889. The Hall–Kier alpha value is -2.42. The normalized spacial score (nSPS) is 15.8. The Morgan fingerprint density at radius 3 is 2.67 bits per heavy atom. The molecule has 1 saturated heterocycles. The molecule has 0 spiro atoms. The summed E-state index contributed by atoms with van der Waals surface area (Å²) in [6.07, 6.45) is 1.19. The molecule has 1 aliphatic rings. The predicted molar refractivity (Wildman–Crippen MR) is 89.8 cm³/mol. The number of piperidine rings is 1. The topological polar surface area (TPSA) is 118 Å². The standard InChI is InChI=1S/C15H18N4O4S/c16-13(21)9-1-5-18(6-2-9)11(20)3-7-19-14(22)12-10(4-8-24-12)17-15(19)23/h4,8-9H,1-3,5-7H2,(H2,16,21)(H,17,23). The number of aromatic amines is 1. The Labute approximate surface area is 140 Å². The van der Waals surface area contributed by atoms with Crippen LogP contribution in [0.4, 0.5) is 0 Å². The van der Waals surface area contributed by atoms with Gasteiger partial charge < -0.3 is 15.6 Å². The van der Waals surface area contributed by atoms with Crippen molar-refractivity contribution in [1.82, 2.24) is 14.5 Å². The highest BCUT2D eigenvalue weighted by Crippen LogP contribution is 2.17. The zero-order valence-corrected chi connectivity index (χ0v) is 13.8. The molecule has 0 bridgehead atoms. The maximum atomic E-state index is 12.3. The molecule has 0 saturated carbocycles. The maximum absolute atomic E-state index is 12.3. The molecule has 9 heteroatoms. The molecule has 1 aliphatic heterocycles. The van der Waals surface area contributed by atoms with Gasteiger partial charge >= 0.3 is 5.69 Å². The smallest absolute Gasteiger partial charge is 0.328 e. The molecular formula is C15H18N4O4S. The molecule has 0 unspecified atom stereocenters. The van der Waals surface area contributed by atoms with Crippen molar-refractivity contribution in [2.45, 2.75) is 25.8 Å². The lowest BCUT2D eigenvalue weighted by Crippen LogP contribution is -2.43. The van der Waals surface area contributed by atoms with Gasteiger partial charge in [0.25, 0.3) is 5.56 Å². The Morgan fingerprint density at radius 2 is 2.00 bits per heavy atom. The number of aromatic nitrogens is 2. The monoisotopic (exact) mass is 350 g/mol. The number of primary amides is 1. The van der Waals surface area contributed by atoms with E-state index < -0.39 is 5.69 Å². The highest BCUT2D eigenvalue weighted by molar-refractivity contribution is 7.17. The molecule has 3 N–H and O–H groups in total. The summed E-state index contributed by atoms with van der Waals surface area (Å²) in [6, 6.07) is 1.68. The highest BCUT2D eigenvalue weighted by Gasteiger charge is 2.25. The first-order valence-electron chi connectivity index (χ1n) is 7.75. The van der Waals surface area contributed by atoms with Gasteiger partial charge in [-0.1, -0.05) is 0 Å². The van der Waals surface area contributed by atoms with Crippen molar-refractivity contribution in [1.29, 1.82) is 0 Å². The summed E-state index contributed by atoms with van der Waals surface area (Å²) >= 11 is 1.26. The van der Waals surface area contributed by atoms with Crippen LogP contribution in [-0.2, 0) is 16.1 Å². The number of fused-ring (bicyclic) bond motifs is 1. The van der Waals surface area contributed by atoms with E-state index in [0.717, 1.165) is 4.57 Å². The summed E-state index contributed by atoms with van der Waals surface area (Å²) < 4.78 is 1.54. The molecule has 24 heavy (non-hydrogen) atoms. The van der Waals surface area contributed by atoms with Crippen LogP contribution in [0.15, 0.2) is 21.0 Å². The van der Waals surface area contributed by atoms with Crippen LogP contribution in [0.3, 0.4) is 0 Å². The van der Waals surface area contributed by atoms with Gasteiger partial charge in [-0.05, 0) is 24.3 Å². The number of carbonyl (C=O) groups excluding carboxylic acids is 2. The van der Waals surface area contributed by atoms with Gasteiger partial charge in [-0.15, -0.1) is 11.3 Å². The fourth-order valence-electron chi connectivity index (χ4n) is 2.95. The molecule has 0 aromatic carbocycles. The first-order chi connectivity index (χ1) is 11.5. The lowest BCUT2D eigenvalue weighted by molar-refractivity contribution is -0.135. The zero-order valence-electron chi connectivity index (χ0n) is 13.0. The van der Waals surface area contributed by atoms with Crippen molar-refractivity contribution in [3.05, 3.63) is 32.3 Å². The molecule has 0 radical (unpaired) electrons. The Balaban J connectivity index is 1.66. The van der Waals surface area contributed by atoms with E-state index in [1.807, 2.05) is 0 Å². The second-order valence-electron chi connectivity index (χ2n) is 5.86. The fourth-order valence-corrected chi connectivity index (χ4v) is 3.75. The van der Waals surface area contributed by atoms with Crippen LogP contribution in [0, 0.1) is 5.92 Å². The van der Waals surface area contributed by atoms with Gasteiger partial charge in [0.2, 0.25) is 11.8 Å². The summed E-state index contributed by atoms with van der Waals surface area (Å²) in [7, 11) is 0. The largest absolute Gasteiger partial charge is 0.369 e. The van der Waals surface area contributed by atoms with E-state index >= 15 is 0 Å². The van der Waals surface area contributed by atoms with Gasteiger partial charge in [0, 0.05) is 32.0 Å². The van der Waals surface area contributed by atoms with Gasteiger partial charge in [-0.25, -0.2) is 4.79 Å². The van der Waals surface area contributed by atoms with Crippen LogP contribution >= 0.6 is 11.3 Å². The summed E-state index contributed by atoms with van der Waals surface area (Å²) in [5.74, 6) is -0.638. The van der Waals surface area contributed by atoms with Gasteiger partial charge in [0.1, 0.15) is 4.70 Å². The van der Waals surface area contributed by atoms with E-state index in [1.165, 1.54) is 11.3 Å². The van der Waals surface area contributed by atoms with Crippen molar-refractivity contribution in [3.63, 3.8) is 0 Å². The van der Waals surface area contributed by atoms with Crippen LogP contribution in [0.5, 0.6) is 0 Å². The minimum atomic E-state index is -0.508. The molecular weight excluding hydrogens is 332 g/mol. The Morgan fingerprint density at radius 1 is 1.29 bits per heavy atom. The number of nitrogens with two attached hydrogens (primary N) is 1. The first kappa shape index (κ1) is 16.4. The van der Waals surface area contributed by atoms with E-state index in [4.69, 9.17) is 5.73 Å². The number of hydrogen-bond donors (Lipinski definition) is 2. The molecule has 2 aromatic heterocycles. The quantitative estimate of drug-likeness (QED) is 0.798. The molecule has 0 aliphatic carbocycles. The van der Waals surface area contributed by atoms with Crippen LogP contribution in [0.25, 0.3) is 10.2 Å². The lowest BCUT2D eigenvalue weighted by atomic mass is 9.96. The van der Waals surface area contributed by atoms with Gasteiger partial charge in [-0.3, -0.25) is 19.0 Å². The first-order valence-corrected chi connectivity index (χ1v) is 8.62. The average molecular weight is 350 g/mol. The Kier molecular flexibility index (Phi) is 4.52. The molecule has 128 valence electrons. The number of H-pyrrole nitrogens is 1. The number of carbonyl (C=O) groups is 2. The zero-order chi connectivity index (χ0) is 17.3. The minimum absolute atomic E-state index is 0.0383. The fraction of sp³-hybridized carbons (Fsp3) is 0.467. The second-order valence-corrected chi connectivity index (χ2v) is 6.77. The van der Waals surface area contributed by atoms with Gasteiger partial charge in [0.05, 0.1) is 5.52 Å². The lowest BCUT2D eigenvalue weighted by Gasteiger charge is -2.30. The summed E-state index contributed by atoms with van der Waals surface area (Å²) in [5, 5.41) is 1.74. The van der Waals surface area contributed by atoms with Crippen LogP contribution in [0.1, 0.15) is 19.3 Å². The molecule has 2 amide bonds. The predicted octanol–water partition coefficient (Wildman–Crippen LogP) is -0.135. The number of nitrogens with zero attached hydrogens (tertiary/aromatic N) is 2. The number of rotatable bonds is 4. The molecule has 8 nitrogen and oxygen atoms in total. The second kappa shape index (κ2) is 6.60. The SMILES string of the molecule is NC(=O)C1CCN(C(=O)CCn2c(=O)[nH]c3ccsc3c2=O)CC1. The summed E-state index contributed by atoms with van der Waals surface area (Å²) in [6.45, 7) is 0.986. The van der Waals surface area contributed by atoms with Crippen molar-refractivity contribution in [2.24, 2.45) is 11.7 Å². The van der Waals surface area contributed by atoms with E-state index in [0.29, 0.717) is 36.1 Å². The summed E-state index contributed by atoms with van der Waals surface area (Å²) in [5.41, 5.74) is 4.92. The minimum Gasteiger partial charge on any atom is -0.369 e. The van der Waals surface area contributed by atoms with Gasteiger partial charge in [-0.2, -0.15) is 0 Å². The molecule has 0 atom stereocenters. The van der Waals surface area contributed by atoms with E-state index in [9.17, 15) is 19.2 Å². The maximum Gasteiger partial charge on any atom is 0.328 e. The van der Waals surface area contributed by atoms with Crippen molar-refractivity contribution < 1.29 is 9.59 Å². The molecule has 3 heterocycles. The summed E-state index contributed by atoms with van der Waals surface area (Å²) in [4.78, 5) is 52.0. The number of amides is 2. The number of hydrogen-bond acceptors (Lipinski definition) is 5. The van der Waals surface area contributed by atoms with Gasteiger partial charge in [0.15, 0.2) is 0 Å². The average Bonchev–Trinajstić information content (AvgIpc) is 3.03.